The molecule has 2 atom stereocenters. The zero-order chi connectivity index (χ0) is 17.5. The van der Waals surface area contributed by atoms with Gasteiger partial charge in [0.1, 0.15) is 0 Å². The molecule has 5 nitrogen and oxygen atoms in total. The van der Waals surface area contributed by atoms with E-state index in [1.54, 1.807) is 0 Å². The van der Waals surface area contributed by atoms with Gasteiger partial charge in [-0.1, -0.05) is 12.8 Å². The molecule has 1 amide bonds. The van der Waals surface area contributed by atoms with Gasteiger partial charge in [0, 0.05) is 38.1 Å². The van der Waals surface area contributed by atoms with E-state index in [9.17, 15) is 4.79 Å². The van der Waals surface area contributed by atoms with E-state index < -0.39 is 0 Å². The van der Waals surface area contributed by atoms with Gasteiger partial charge in [-0.2, -0.15) is 0 Å². The molecule has 1 aromatic rings. The van der Waals surface area contributed by atoms with E-state index >= 15 is 0 Å². The zero-order valence-electron chi connectivity index (χ0n) is 15.5. The fourth-order valence-corrected chi connectivity index (χ4v) is 4.13. The lowest BCUT2D eigenvalue weighted by atomic mass is 10.0. The quantitative estimate of drug-likeness (QED) is 0.861. The van der Waals surface area contributed by atoms with Crippen molar-refractivity contribution in [3.8, 4) is 0 Å². The summed E-state index contributed by atoms with van der Waals surface area (Å²) in [6.07, 6.45) is 10.9. The summed E-state index contributed by atoms with van der Waals surface area (Å²) in [5.74, 6) is 0.207. The van der Waals surface area contributed by atoms with Crippen LogP contribution in [0.1, 0.15) is 51.0 Å². The number of amides is 1. The molecule has 138 valence electrons. The Kier molecular flexibility index (Phi) is 6.82. The van der Waals surface area contributed by atoms with Crippen LogP contribution in [0.3, 0.4) is 0 Å². The van der Waals surface area contributed by atoms with Crippen LogP contribution in [0.15, 0.2) is 24.5 Å². The molecular weight excluding hydrogens is 312 g/mol. The molecule has 0 aliphatic carbocycles. The predicted molar refractivity (Wildman–Crippen MR) is 100 cm³/mol. The van der Waals surface area contributed by atoms with E-state index in [4.69, 9.17) is 0 Å². The first-order chi connectivity index (χ1) is 12.2. The second-order valence-corrected chi connectivity index (χ2v) is 7.51. The topological polar surface area (TPSA) is 48.5 Å². The summed E-state index contributed by atoms with van der Waals surface area (Å²) < 4.78 is 0. The molecule has 2 aliphatic heterocycles. The maximum atomic E-state index is 12.7. The van der Waals surface area contributed by atoms with Gasteiger partial charge >= 0.3 is 0 Å². The largest absolute Gasteiger partial charge is 0.353 e. The number of nitrogens with one attached hydrogen (secondary N) is 1. The van der Waals surface area contributed by atoms with Gasteiger partial charge in [0.05, 0.1) is 6.04 Å². The average Bonchev–Trinajstić information content (AvgIpc) is 2.64. The van der Waals surface area contributed by atoms with Crippen LogP contribution < -0.4 is 5.32 Å². The number of aromatic nitrogens is 1. The Labute approximate surface area is 151 Å². The number of carbonyl (C=O) groups excluding carboxylic acids is 1. The highest BCUT2D eigenvalue weighted by molar-refractivity contribution is 5.81. The zero-order valence-corrected chi connectivity index (χ0v) is 15.5. The Bertz CT molecular complexity index is 536. The number of nitrogens with zero attached hydrogens (tertiary/aromatic N) is 3. The van der Waals surface area contributed by atoms with E-state index in [1.807, 2.05) is 24.5 Å². The second-order valence-electron chi connectivity index (χ2n) is 7.51. The number of hydrogen-bond donors (Lipinski definition) is 1. The van der Waals surface area contributed by atoms with Crippen molar-refractivity contribution >= 4 is 5.91 Å². The smallest absolute Gasteiger partial charge is 0.237 e. The minimum Gasteiger partial charge on any atom is -0.353 e. The molecule has 0 saturated carbocycles. The third-order valence-electron chi connectivity index (χ3n) is 5.69. The third kappa shape index (κ3) is 5.25. The number of likely N-dealkylation sites (tertiary alicyclic amines) is 2. The Balaban J connectivity index is 1.48. The molecule has 0 radical (unpaired) electrons. The van der Waals surface area contributed by atoms with Crippen LogP contribution in [0.4, 0.5) is 0 Å². The number of piperidine rings is 2. The average molecular weight is 345 g/mol. The molecule has 0 spiro atoms. The van der Waals surface area contributed by atoms with E-state index in [1.165, 1.54) is 37.8 Å². The van der Waals surface area contributed by atoms with Crippen molar-refractivity contribution in [3.63, 3.8) is 0 Å². The lowest BCUT2D eigenvalue weighted by Gasteiger charge is -2.36. The highest BCUT2D eigenvalue weighted by Crippen LogP contribution is 2.20. The summed E-state index contributed by atoms with van der Waals surface area (Å²) in [7, 11) is 0. The molecule has 2 fully saturated rings. The molecule has 0 aromatic carbocycles. The maximum absolute atomic E-state index is 12.7. The van der Waals surface area contributed by atoms with Crippen LogP contribution in [0.2, 0.25) is 0 Å². The summed E-state index contributed by atoms with van der Waals surface area (Å²) in [4.78, 5) is 21.7. The molecule has 1 N–H and O–H groups in total. The first kappa shape index (κ1) is 18.3. The first-order valence-corrected chi connectivity index (χ1v) is 9.89. The molecule has 1 aromatic heterocycles. The Morgan fingerprint density at radius 3 is 2.60 bits per heavy atom. The fraction of sp³-hybridized carbons (Fsp3) is 0.700. The summed E-state index contributed by atoms with van der Waals surface area (Å²) in [6, 6.07) is 4.76. The molecular formula is C20H32N4O. The second kappa shape index (κ2) is 9.30. The van der Waals surface area contributed by atoms with E-state index in [-0.39, 0.29) is 11.9 Å². The van der Waals surface area contributed by atoms with Crippen molar-refractivity contribution in [1.29, 1.82) is 0 Å². The van der Waals surface area contributed by atoms with Crippen LogP contribution in [-0.2, 0) is 11.3 Å². The fourth-order valence-electron chi connectivity index (χ4n) is 4.13. The van der Waals surface area contributed by atoms with Gasteiger partial charge in [-0.3, -0.25) is 19.6 Å². The molecule has 3 heterocycles. The summed E-state index contributed by atoms with van der Waals surface area (Å²) in [5, 5.41) is 3.20. The lowest BCUT2D eigenvalue weighted by Crippen LogP contribution is -2.50. The van der Waals surface area contributed by atoms with Crippen LogP contribution in [0.25, 0.3) is 0 Å². The van der Waals surface area contributed by atoms with E-state index in [2.05, 4.69) is 27.0 Å². The predicted octanol–water partition coefficient (Wildman–Crippen LogP) is 2.43. The molecule has 5 heteroatoms. The van der Waals surface area contributed by atoms with Crippen LogP contribution in [0, 0.1) is 0 Å². The Morgan fingerprint density at radius 1 is 1.12 bits per heavy atom. The molecule has 2 saturated heterocycles. The van der Waals surface area contributed by atoms with Crippen LogP contribution in [0.5, 0.6) is 0 Å². The van der Waals surface area contributed by atoms with Gasteiger partial charge in [-0.25, -0.2) is 0 Å². The van der Waals surface area contributed by atoms with Gasteiger partial charge in [-0.05, 0) is 63.4 Å². The van der Waals surface area contributed by atoms with Crippen molar-refractivity contribution in [2.45, 2.75) is 64.1 Å². The Hall–Kier alpha value is -1.46. The monoisotopic (exact) mass is 344 g/mol. The number of carbonyl (C=O) groups is 1. The SMILES string of the molecule is C[C@@H]1CCCCN1CCNC(=O)[C@H]1CCCCN1Cc1ccncc1. The van der Waals surface area contributed by atoms with Crippen molar-refractivity contribution < 1.29 is 4.79 Å². The van der Waals surface area contributed by atoms with E-state index in [0.717, 1.165) is 39.0 Å². The number of rotatable bonds is 6. The molecule has 2 aliphatic rings. The lowest BCUT2D eigenvalue weighted by molar-refractivity contribution is -0.128. The summed E-state index contributed by atoms with van der Waals surface area (Å²) in [6.45, 7) is 7.06. The molecule has 3 rings (SSSR count). The highest BCUT2D eigenvalue weighted by Gasteiger charge is 2.28. The van der Waals surface area contributed by atoms with Crippen LogP contribution in [-0.4, -0.2) is 59.0 Å². The van der Waals surface area contributed by atoms with Gasteiger partial charge in [0.25, 0.3) is 0 Å². The third-order valence-corrected chi connectivity index (χ3v) is 5.69. The van der Waals surface area contributed by atoms with Gasteiger partial charge in [0.15, 0.2) is 0 Å². The number of pyridine rings is 1. The number of hydrogen-bond acceptors (Lipinski definition) is 4. The van der Waals surface area contributed by atoms with Crippen molar-refractivity contribution in [1.82, 2.24) is 20.1 Å². The first-order valence-electron chi connectivity index (χ1n) is 9.89. The summed E-state index contributed by atoms with van der Waals surface area (Å²) in [5.41, 5.74) is 1.23. The van der Waals surface area contributed by atoms with Crippen molar-refractivity contribution in [2.24, 2.45) is 0 Å². The van der Waals surface area contributed by atoms with Crippen molar-refractivity contribution in [3.05, 3.63) is 30.1 Å². The van der Waals surface area contributed by atoms with Gasteiger partial charge in [0.2, 0.25) is 5.91 Å². The minimum absolute atomic E-state index is 0.0145. The van der Waals surface area contributed by atoms with Gasteiger partial charge in [-0.15, -0.1) is 0 Å². The molecule has 0 unspecified atom stereocenters. The minimum atomic E-state index is 0.0145. The van der Waals surface area contributed by atoms with Crippen LogP contribution >= 0.6 is 0 Å². The molecule has 0 bridgehead atoms. The standard InChI is InChI=1S/C20H32N4O/c1-17-6-2-4-13-23(17)15-12-22-20(25)19-7-3-5-14-24(19)16-18-8-10-21-11-9-18/h8-11,17,19H,2-7,12-16H2,1H3,(H,22,25)/t17-,19-/m1/s1. The maximum Gasteiger partial charge on any atom is 0.237 e. The molecule has 25 heavy (non-hydrogen) atoms. The van der Waals surface area contributed by atoms with Gasteiger partial charge < -0.3 is 5.32 Å². The highest BCUT2D eigenvalue weighted by atomic mass is 16.2. The summed E-state index contributed by atoms with van der Waals surface area (Å²) >= 11 is 0. The van der Waals surface area contributed by atoms with Crippen molar-refractivity contribution in [2.75, 3.05) is 26.2 Å². The normalized spacial score (nSPS) is 25.6. The Morgan fingerprint density at radius 2 is 1.84 bits per heavy atom. The van der Waals surface area contributed by atoms with E-state index in [0.29, 0.717) is 6.04 Å².